The van der Waals surface area contributed by atoms with Crippen molar-refractivity contribution in [3.63, 3.8) is 0 Å². The SMILES string of the molecule is COC(=O)C1(c2csc3ccccc23)CC1(C)C. The summed E-state index contributed by atoms with van der Waals surface area (Å²) in [6.07, 6.45) is 0.868. The molecule has 1 heterocycles. The second-order valence-electron chi connectivity index (χ2n) is 5.60. The summed E-state index contributed by atoms with van der Waals surface area (Å²) in [6, 6.07) is 8.26. The molecule has 0 saturated heterocycles. The van der Waals surface area contributed by atoms with Gasteiger partial charge >= 0.3 is 5.97 Å². The van der Waals surface area contributed by atoms with Crippen molar-refractivity contribution in [3.8, 4) is 0 Å². The summed E-state index contributed by atoms with van der Waals surface area (Å²) in [7, 11) is 1.48. The van der Waals surface area contributed by atoms with Crippen LogP contribution in [0, 0.1) is 5.41 Å². The highest BCUT2D eigenvalue weighted by Gasteiger charge is 2.68. The second-order valence-corrected chi connectivity index (χ2v) is 6.51. The number of ether oxygens (including phenoxy) is 1. The van der Waals surface area contributed by atoms with Gasteiger partial charge in [-0.25, -0.2) is 0 Å². The Kier molecular flexibility index (Phi) is 2.33. The zero-order chi connectivity index (χ0) is 13.0. The van der Waals surface area contributed by atoms with E-state index in [4.69, 9.17) is 4.74 Å². The fourth-order valence-corrected chi connectivity index (χ4v) is 4.05. The molecule has 1 aliphatic rings. The molecule has 1 atom stereocenters. The number of fused-ring (bicyclic) bond motifs is 1. The quantitative estimate of drug-likeness (QED) is 0.769. The van der Waals surface area contributed by atoms with E-state index in [1.54, 1.807) is 11.3 Å². The van der Waals surface area contributed by atoms with Crippen LogP contribution in [-0.4, -0.2) is 13.1 Å². The molecule has 3 rings (SSSR count). The summed E-state index contributed by atoms with van der Waals surface area (Å²) in [5.74, 6) is -0.101. The summed E-state index contributed by atoms with van der Waals surface area (Å²) >= 11 is 1.70. The van der Waals surface area contributed by atoms with Gasteiger partial charge in [0.1, 0.15) is 0 Å². The highest BCUT2D eigenvalue weighted by Crippen LogP contribution is 2.66. The van der Waals surface area contributed by atoms with Gasteiger partial charge < -0.3 is 4.74 Å². The molecule has 1 fully saturated rings. The van der Waals surface area contributed by atoms with Crippen LogP contribution in [0.25, 0.3) is 10.1 Å². The van der Waals surface area contributed by atoms with Crippen LogP contribution in [0.5, 0.6) is 0 Å². The minimum absolute atomic E-state index is 0.00998. The summed E-state index contributed by atoms with van der Waals surface area (Å²) < 4.78 is 6.29. The van der Waals surface area contributed by atoms with Crippen molar-refractivity contribution >= 4 is 27.4 Å². The lowest BCUT2D eigenvalue weighted by Crippen LogP contribution is -2.27. The zero-order valence-electron chi connectivity index (χ0n) is 10.8. The maximum absolute atomic E-state index is 12.2. The smallest absolute Gasteiger partial charge is 0.316 e. The van der Waals surface area contributed by atoms with Crippen LogP contribution in [0.3, 0.4) is 0 Å². The molecule has 1 aliphatic carbocycles. The van der Waals surface area contributed by atoms with Gasteiger partial charge in [0.05, 0.1) is 12.5 Å². The average molecular weight is 260 g/mol. The third-order valence-corrected chi connectivity index (χ3v) is 5.18. The first-order chi connectivity index (χ1) is 8.53. The molecule has 0 amide bonds. The van der Waals surface area contributed by atoms with E-state index in [0.717, 1.165) is 12.0 Å². The summed E-state index contributed by atoms with van der Waals surface area (Å²) in [4.78, 5) is 12.2. The van der Waals surface area contributed by atoms with E-state index in [2.05, 4.69) is 31.4 Å². The van der Waals surface area contributed by atoms with Crippen molar-refractivity contribution < 1.29 is 9.53 Å². The predicted molar refractivity (Wildman–Crippen MR) is 73.9 cm³/mol. The molecule has 0 bridgehead atoms. The van der Waals surface area contributed by atoms with Gasteiger partial charge in [-0.2, -0.15) is 0 Å². The van der Waals surface area contributed by atoms with E-state index in [0.29, 0.717) is 0 Å². The second kappa shape index (κ2) is 3.58. The molecule has 2 aromatic rings. The van der Waals surface area contributed by atoms with Gasteiger partial charge in [-0.05, 0) is 34.2 Å². The fraction of sp³-hybridized carbons (Fsp3) is 0.400. The van der Waals surface area contributed by atoms with Crippen molar-refractivity contribution in [1.82, 2.24) is 0 Å². The molecular formula is C15H16O2S. The number of methoxy groups -OCH3 is 1. The molecule has 1 unspecified atom stereocenters. The van der Waals surface area contributed by atoms with Gasteiger partial charge in [0, 0.05) is 4.70 Å². The number of benzene rings is 1. The third kappa shape index (κ3) is 1.31. The molecule has 94 valence electrons. The molecule has 1 aromatic heterocycles. The Morgan fingerprint density at radius 3 is 2.61 bits per heavy atom. The van der Waals surface area contributed by atoms with Gasteiger partial charge in [-0.15, -0.1) is 11.3 Å². The van der Waals surface area contributed by atoms with Gasteiger partial charge in [-0.3, -0.25) is 4.79 Å². The Balaban J connectivity index is 2.22. The Bertz CT molecular complexity index is 626. The lowest BCUT2D eigenvalue weighted by atomic mass is 9.88. The van der Waals surface area contributed by atoms with E-state index in [1.165, 1.54) is 17.2 Å². The largest absolute Gasteiger partial charge is 0.468 e. The van der Waals surface area contributed by atoms with Crippen molar-refractivity contribution in [3.05, 3.63) is 35.2 Å². The molecule has 0 radical (unpaired) electrons. The van der Waals surface area contributed by atoms with Crippen molar-refractivity contribution in [1.29, 1.82) is 0 Å². The Morgan fingerprint density at radius 2 is 2.00 bits per heavy atom. The molecule has 1 aromatic carbocycles. The van der Waals surface area contributed by atoms with E-state index in [-0.39, 0.29) is 11.4 Å². The van der Waals surface area contributed by atoms with Crippen molar-refractivity contribution in [2.24, 2.45) is 5.41 Å². The van der Waals surface area contributed by atoms with Gasteiger partial charge in [-0.1, -0.05) is 32.0 Å². The summed E-state index contributed by atoms with van der Waals surface area (Å²) in [5.41, 5.74) is 0.686. The van der Waals surface area contributed by atoms with Crippen LogP contribution in [0.1, 0.15) is 25.8 Å². The molecule has 0 spiro atoms. The Morgan fingerprint density at radius 1 is 1.33 bits per heavy atom. The highest BCUT2D eigenvalue weighted by molar-refractivity contribution is 7.17. The first-order valence-corrected chi connectivity index (χ1v) is 6.96. The normalized spacial score (nSPS) is 25.1. The minimum atomic E-state index is -0.443. The van der Waals surface area contributed by atoms with Gasteiger partial charge in [0.25, 0.3) is 0 Å². The van der Waals surface area contributed by atoms with Crippen molar-refractivity contribution in [2.45, 2.75) is 25.7 Å². The number of hydrogen-bond acceptors (Lipinski definition) is 3. The first kappa shape index (κ1) is 11.7. The zero-order valence-corrected chi connectivity index (χ0v) is 11.6. The minimum Gasteiger partial charge on any atom is -0.468 e. The number of carbonyl (C=O) groups excluding carboxylic acids is 1. The average Bonchev–Trinajstić information content (AvgIpc) is 2.75. The topological polar surface area (TPSA) is 26.3 Å². The molecule has 3 heteroatoms. The van der Waals surface area contributed by atoms with E-state index in [9.17, 15) is 4.79 Å². The fourth-order valence-electron chi connectivity index (χ4n) is 3.02. The Labute approximate surface area is 111 Å². The summed E-state index contributed by atoms with van der Waals surface area (Å²) in [5, 5.41) is 3.31. The maximum atomic E-state index is 12.2. The van der Waals surface area contributed by atoms with E-state index < -0.39 is 5.41 Å². The molecule has 0 aliphatic heterocycles. The van der Waals surface area contributed by atoms with E-state index >= 15 is 0 Å². The van der Waals surface area contributed by atoms with Gasteiger partial charge in [0.2, 0.25) is 0 Å². The predicted octanol–water partition coefficient (Wildman–Crippen LogP) is 3.74. The first-order valence-electron chi connectivity index (χ1n) is 6.08. The molecular weight excluding hydrogens is 244 g/mol. The van der Waals surface area contributed by atoms with Crippen LogP contribution < -0.4 is 0 Å². The Hall–Kier alpha value is -1.35. The van der Waals surface area contributed by atoms with E-state index in [1.807, 2.05) is 12.1 Å². The maximum Gasteiger partial charge on any atom is 0.316 e. The van der Waals surface area contributed by atoms with Crippen LogP contribution >= 0.6 is 11.3 Å². The lowest BCUT2D eigenvalue weighted by Gasteiger charge is -2.17. The van der Waals surface area contributed by atoms with Crippen LogP contribution in [0.2, 0.25) is 0 Å². The highest BCUT2D eigenvalue weighted by atomic mass is 32.1. The van der Waals surface area contributed by atoms with Crippen LogP contribution in [0.4, 0.5) is 0 Å². The van der Waals surface area contributed by atoms with Crippen LogP contribution in [0.15, 0.2) is 29.6 Å². The monoisotopic (exact) mass is 260 g/mol. The third-order valence-electron chi connectivity index (χ3n) is 4.21. The van der Waals surface area contributed by atoms with Crippen LogP contribution in [-0.2, 0) is 14.9 Å². The molecule has 1 saturated carbocycles. The number of hydrogen-bond donors (Lipinski definition) is 0. The van der Waals surface area contributed by atoms with Crippen molar-refractivity contribution in [2.75, 3.05) is 7.11 Å². The summed E-state index contributed by atoms with van der Waals surface area (Å²) in [6.45, 7) is 4.27. The molecule has 0 N–H and O–H groups in total. The molecule has 18 heavy (non-hydrogen) atoms. The number of carbonyl (C=O) groups is 1. The molecule has 2 nitrogen and oxygen atoms in total. The number of rotatable bonds is 2. The number of thiophene rings is 1. The standard InChI is InChI=1S/C15H16O2S/c1-14(2)9-15(14,13(16)17-3)11-8-18-12-7-5-4-6-10(11)12/h4-8H,9H2,1-3H3. The lowest BCUT2D eigenvalue weighted by molar-refractivity contribution is -0.144. The number of esters is 1. The van der Waals surface area contributed by atoms with Gasteiger partial charge in [0.15, 0.2) is 0 Å².